The van der Waals surface area contributed by atoms with Crippen molar-refractivity contribution in [2.24, 2.45) is 0 Å². The number of nitrogens with zero attached hydrogens (tertiary/aromatic N) is 1. The lowest BCUT2D eigenvalue weighted by molar-refractivity contribution is -0.126. The van der Waals surface area contributed by atoms with Crippen molar-refractivity contribution in [3.05, 3.63) is 96.1 Å². The van der Waals surface area contributed by atoms with Crippen molar-refractivity contribution in [1.82, 2.24) is 5.32 Å². The Morgan fingerprint density at radius 1 is 0.871 bits per heavy atom. The third-order valence-electron chi connectivity index (χ3n) is 5.69. The second-order valence-corrected chi connectivity index (χ2v) is 7.77. The first-order chi connectivity index (χ1) is 15.1. The zero-order chi connectivity index (χ0) is 21.7. The van der Waals surface area contributed by atoms with Crippen molar-refractivity contribution < 1.29 is 14.3 Å². The second kappa shape index (κ2) is 9.04. The van der Waals surface area contributed by atoms with Crippen molar-refractivity contribution in [3.63, 3.8) is 0 Å². The van der Waals surface area contributed by atoms with E-state index in [2.05, 4.69) is 5.32 Å². The second-order valence-electron chi connectivity index (χ2n) is 7.77. The van der Waals surface area contributed by atoms with Gasteiger partial charge in [0.15, 0.2) is 0 Å². The van der Waals surface area contributed by atoms with E-state index >= 15 is 0 Å². The molecule has 31 heavy (non-hydrogen) atoms. The summed E-state index contributed by atoms with van der Waals surface area (Å²) in [7, 11) is 0. The topological polar surface area (TPSA) is 58.6 Å². The Balaban J connectivity index is 1.46. The molecule has 1 aliphatic heterocycles. The number of ether oxygens (including phenoxy) is 1. The SMILES string of the molecule is CC(NC(=O)CCC(=O)N1CCOc2ccccc21)(c1ccccc1)c1ccccc1. The number of para-hydroxylation sites is 2. The molecular weight excluding hydrogens is 388 g/mol. The van der Waals surface area contributed by atoms with Gasteiger partial charge in [0.25, 0.3) is 0 Å². The van der Waals surface area contributed by atoms with Gasteiger partial charge in [0.05, 0.1) is 17.8 Å². The van der Waals surface area contributed by atoms with E-state index in [0.29, 0.717) is 18.9 Å². The molecule has 0 spiro atoms. The number of nitrogens with one attached hydrogen (secondary N) is 1. The van der Waals surface area contributed by atoms with Crippen LogP contribution in [0, 0.1) is 0 Å². The van der Waals surface area contributed by atoms with Crippen molar-refractivity contribution in [1.29, 1.82) is 0 Å². The average Bonchev–Trinajstić information content (AvgIpc) is 2.83. The normalized spacial score (nSPS) is 13.1. The number of anilines is 1. The van der Waals surface area contributed by atoms with Gasteiger partial charge in [-0.15, -0.1) is 0 Å². The highest BCUT2D eigenvalue weighted by Gasteiger charge is 2.31. The number of amides is 2. The summed E-state index contributed by atoms with van der Waals surface area (Å²) in [6, 6.07) is 27.2. The predicted molar refractivity (Wildman–Crippen MR) is 121 cm³/mol. The van der Waals surface area contributed by atoms with Crippen LogP contribution in [0.4, 0.5) is 5.69 Å². The van der Waals surface area contributed by atoms with Gasteiger partial charge in [-0.2, -0.15) is 0 Å². The van der Waals surface area contributed by atoms with Crippen molar-refractivity contribution >= 4 is 17.5 Å². The lowest BCUT2D eigenvalue weighted by atomic mass is 9.84. The molecule has 0 atom stereocenters. The Hall–Kier alpha value is -3.60. The zero-order valence-electron chi connectivity index (χ0n) is 17.6. The molecule has 1 N–H and O–H groups in total. The molecule has 0 saturated heterocycles. The summed E-state index contributed by atoms with van der Waals surface area (Å²) >= 11 is 0. The highest BCUT2D eigenvalue weighted by atomic mass is 16.5. The minimum atomic E-state index is -0.686. The zero-order valence-corrected chi connectivity index (χ0v) is 17.6. The van der Waals surface area contributed by atoms with Crippen LogP contribution in [0.15, 0.2) is 84.9 Å². The molecule has 1 heterocycles. The van der Waals surface area contributed by atoms with Crippen molar-refractivity contribution in [2.75, 3.05) is 18.1 Å². The molecule has 0 aliphatic carbocycles. The molecule has 5 nitrogen and oxygen atoms in total. The van der Waals surface area contributed by atoms with Crippen LogP contribution >= 0.6 is 0 Å². The van der Waals surface area contributed by atoms with Gasteiger partial charge in [0, 0.05) is 12.8 Å². The Kier molecular flexibility index (Phi) is 6.03. The monoisotopic (exact) mass is 414 g/mol. The quantitative estimate of drug-likeness (QED) is 0.655. The van der Waals surface area contributed by atoms with E-state index in [1.807, 2.05) is 91.9 Å². The molecule has 0 radical (unpaired) electrons. The summed E-state index contributed by atoms with van der Waals surface area (Å²) in [5.74, 6) is 0.462. The number of hydrogen-bond donors (Lipinski definition) is 1. The van der Waals surface area contributed by atoms with Crippen LogP contribution in [-0.2, 0) is 15.1 Å². The molecule has 0 unspecified atom stereocenters. The standard InChI is InChI=1S/C26H26N2O3/c1-26(20-10-4-2-5-11-20,21-12-6-3-7-13-21)27-24(29)16-17-25(30)28-18-19-31-23-15-9-8-14-22(23)28/h2-15H,16-19H2,1H3,(H,27,29). The first-order valence-corrected chi connectivity index (χ1v) is 10.5. The molecule has 1 aliphatic rings. The van der Waals surface area contributed by atoms with E-state index < -0.39 is 5.54 Å². The van der Waals surface area contributed by atoms with E-state index in [1.165, 1.54) is 0 Å². The molecule has 0 aromatic heterocycles. The molecule has 0 fully saturated rings. The minimum absolute atomic E-state index is 0.0768. The third-order valence-corrected chi connectivity index (χ3v) is 5.69. The van der Waals surface area contributed by atoms with E-state index in [4.69, 9.17) is 4.74 Å². The van der Waals surface area contributed by atoms with E-state index in [1.54, 1.807) is 4.90 Å². The van der Waals surface area contributed by atoms with Gasteiger partial charge in [0.1, 0.15) is 12.4 Å². The first kappa shape index (κ1) is 20.7. The molecule has 3 aromatic rings. The van der Waals surface area contributed by atoms with Crippen LogP contribution in [0.1, 0.15) is 30.9 Å². The molecular formula is C26H26N2O3. The fourth-order valence-electron chi connectivity index (χ4n) is 3.98. The minimum Gasteiger partial charge on any atom is -0.490 e. The third kappa shape index (κ3) is 4.45. The highest BCUT2D eigenvalue weighted by molar-refractivity contribution is 5.97. The van der Waals surface area contributed by atoms with Crippen LogP contribution in [0.2, 0.25) is 0 Å². The van der Waals surface area contributed by atoms with Gasteiger partial charge in [-0.3, -0.25) is 9.59 Å². The summed E-state index contributed by atoms with van der Waals surface area (Å²) < 4.78 is 5.62. The Morgan fingerprint density at radius 2 is 1.45 bits per heavy atom. The Bertz CT molecular complexity index is 1010. The lowest BCUT2D eigenvalue weighted by Crippen LogP contribution is -2.45. The average molecular weight is 415 g/mol. The van der Waals surface area contributed by atoms with Crippen molar-refractivity contribution in [3.8, 4) is 5.75 Å². The van der Waals surface area contributed by atoms with Gasteiger partial charge >= 0.3 is 0 Å². The van der Waals surface area contributed by atoms with Gasteiger partial charge in [-0.1, -0.05) is 72.8 Å². The van der Waals surface area contributed by atoms with Crippen LogP contribution < -0.4 is 15.0 Å². The Labute approximate surface area is 182 Å². The largest absolute Gasteiger partial charge is 0.490 e. The fourth-order valence-corrected chi connectivity index (χ4v) is 3.98. The van der Waals surface area contributed by atoms with E-state index in [9.17, 15) is 9.59 Å². The van der Waals surface area contributed by atoms with Crippen LogP contribution in [-0.4, -0.2) is 25.0 Å². The molecule has 158 valence electrons. The van der Waals surface area contributed by atoms with Crippen molar-refractivity contribution in [2.45, 2.75) is 25.3 Å². The smallest absolute Gasteiger partial charge is 0.227 e. The molecule has 0 bridgehead atoms. The van der Waals surface area contributed by atoms with Crippen LogP contribution in [0.5, 0.6) is 5.75 Å². The predicted octanol–water partition coefficient (Wildman–Crippen LogP) is 4.27. The summed E-state index contributed by atoms with van der Waals surface area (Å²) in [5, 5.41) is 3.17. The van der Waals surface area contributed by atoms with Gasteiger partial charge in [0.2, 0.25) is 11.8 Å². The van der Waals surface area contributed by atoms with Gasteiger partial charge < -0.3 is 15.0 Å². The number of rotatable bonds is 6. The summed E-state index contributed by atoms with van der Waals surface area (Å²) in [4.78, 5) is 27.5. The molecule has 5 heteroatoms. The van der Waals surface area contributed by atoms with Crippen LogP contribution in [0.25, 0.3) is 0 Å². The highest BCUT2D eigenvalue weighted by Crippen LogP contribution is 2.32. The molecule has 2 amide bonds. The first-order valence-electron chi connectivity index (χ1n) is 10.5. The van der Waals surface area contributed by atoms with E-state index in [-0.39, 0.29) is 24.7 Å². The summed E-state index contributed by atoms with van der Waals surface area (Å²) in [6.07, 6.45) is 0.257. The lowest BCUT2D eigenvalue weighted by Gasteiger charge is -2.32. The number of benzene rings is 3. The molecule has 0 saturated carbocycles. The summed E-state index contributed by atoms with van der Waals surface area (Å²) in [6.45, 7) is 2.94. The van der Waals surface area contributed by atoms with Gasteiger partial charge in [-0.05, 0) is 30.2 Å². The molecule has 3 aromatic carbocycles. The maximum absolute atomic E-state index is 12.9. The maximum atomic E-state index is 12.9. The Morgan fingerprint density at radius 3 is 2.10 bits per heavy atom. The van der Waals surface area contributed by atoms with Crippen LogP contribution in [0.3, 0.4) is 0 Å². The number of fused-ring (bicyclic) bond motifs is 1. The van der Waals surface area contributed by atoms with E-state index in [0.717, 1.165) is 16.8 Å². The number of hydrogen-bond acceptors (Lipinski definition) is 3. The van der Waals surface area contributed by atoms with Gasteiger partial charge in [-0.25, -0.2) is 0 Å². The fraction of sp³-hybridized carbons (Fsp3) is 0.231. The number of carbonyl (C=O) groups excluding carboxylic acids is 2. The molecule has 4 rings (SSSR count). The number of carbonyl (C=O) groups is 2. The maximum Gasteiger partial charge on any atom is 0.227 e. The summed E-state index contributed by atoms with van der Waals surface area (Å²) in [5.41, 5.74) is 2.05.